The fourth-order valence-electron chi connectivity index (χ4n) is 3.00. The lowest BCUT2D eigenvalue weighted by Crippen LogP contribution is -2.07. The molecule has 0 unspecified atom stereocenters. The SMILES string of the molecule is COc1cc(C(=O)OCc2ccc(OC(F)F)c(OC)c2)ccc1OCc1c(C)noc1C. The number of nitrogens with zero attached hydrogens (tertiary/aromatic N) is 1. The van der Waals surface area contributed by atoms with Crippen LogP contribution in [-0.2, 0) is 18.0 Å². The number of halogens is 2. The molecule has 10 heteroatoms. The van der Waals surface area contributed by atoms with Crippen LogP contribution in [0.15, 0.2) is 40.9 Å². The van der Waals surface area contributed by atoms with Crippen molar-refractivity contribution in [2.24, 2.45) is 0 Å². The summed E-state index contributed by atoms with van der Waals surface area (Å²) in [7, 11) is 2.79. The molecule has 0 radical (unpaired) electrons. The largest absolute Gasteiger partial charge is 0.493 e. The number of aromatic nitrogens is 1. The molecular weight excluding hydrogens is 440 g/mol. The number of esters is 1. The van der Waals surface area contributed by atoms with Crippen LogP contribution < -0.4 is 18.9 Å². The third kappa shape index (κ3) is 5.91. The smallest absolute Gasteiger partial charge is 0.387 e. The fourth-order valence-corrected chi connectivity index (χ4v) is 3.00. The highest BCUT2D eigenvalue weighted by Crippen LogP contribution is 2.31. The van der Waals surface area contributed by atoms with Gasteiger partial charge in [-0.2, -0.15) is 8.78 Å². The Hall–Kier alpha value is -3.82. The summed E-state index contributed by atoms with van der Waals surface area (Å²) in [6.07, 6.45) is 0. The molecule has 0 aliphatic heterocycles. The van der Waals surface area contributed by atoms with E-state index in [4.69, 9.17) is 23.5 Å². The minimum atomic E-state index is -2.98. The van der Waals surface area contributed by atoms with Crippen LogP contribution in [0.2, 0.25) is 0 Å². The van der Waals surface area contributed by atoms with E-state index in [-0.39, 0.29) is 30.3 Å². The van der Waals surface area contributed by atoms with Gasteiger partial charge in [0.2, 0.25) is 0 Å². The minimum absolute atomic E-state index is 0.100. The second-order valence-electron chi connectivity index (χ2n) is 6.90. The van der Waals surface area contributed by atoms with Gasteiger partial charge < -0.3 is 28.2 Å². The fraction of sp³-hybridized carbons (Fsp3) is 0.304. The van der Waals surface area contributed by atoms with Crippen molar-refractivity contribution in [3.63, 3.8) is 0 Å². The number of benzene rings is 2. The van der Waals surface area contributed by atoms with Gasteiger partial charge in [0, 0.05) is 0 Å². The van der Waals surface area contributed by atoms with E-state index in [2.05, 4.69) is 9.89 Å². The Bertz CT molecular complexity index is 1090. The zero-order valence-electron chi connectivity index (χ0n) is 18.5. The maximum atomic E-state index is 12.5. The molecule has 0 bridgehead atoms. The van der Waals surface area contributed by atoms with Crippen molar-refractivity contribution in [3.8, 4) is 23.0 Å². The molecule has 2 aromatic carbocycles. The number of alkyl halides is 2. The number of ether oxygens (including phenoxy) is 5. The molecular formula is C23H23F2NO7. The lowest BCUT2D eigenvalue weighted by Gasteiger charge is -2.13. The lowest BCUT2D eigenvalue weighted by molar-refractivity contribution is -0.0512. The number of hydrogen-bond acceptors (Lipinski definition) is 8. The molecule has 0 N–H and O–H groups in total. The summed E-state index contributed by atoms with van der Waals surface area (Å²) in [5.41, 5.74) is 2.35. The van der Waals surface area contributed by atoms with Gasteiger partial charge in [0.25, 0.3) is 0 Å². The summed E-state index contributed by atoms with van der Waals surface area (Å²) < 4.78 is 55.9. The molecule has 0 fully saturated rings. The Kier molecular flexibility index (Phi) is 7.70. The first-order chi connectivity index (χ1) is 15.8. The van der Waals surface area contributed by atoms with Gasteiger partial charge in [-0.3, -0.25) is 0 Å². The number of carbonyl (C=O) groups is 1. The number of aryl methyl sites for hydroxylation is 2. The third-order valence-corrected chi connectivity index (χ3v) is 4.77. The van der Waals surface area contributed by atoms with Gasteiger partial charge in [0.15, 0.2) is 23.0 Å². The minimum Gasteiger partial charge on any atom is -0.493 e. The molecule has 3 aromatic rings. The van der Waals surface area contributed by atoms with Crippen LogP contribution in [-0.4, -0.2) is 32.0 Å². The number of hydrogen-bond donors (Lipinski definition) is 0. The Morgan fingerprint density at radius 2 is 1.67 bits per heavy atom. The summed E-state index contributed by atoms with van der Waals surface area (Å²) in [6.45, 7) is 0.768. The van der Waals surface area contributed by atoms with Gasteiger partial charge in [-0.1, -0.05) is 11.2 Å². The van der Waals surface area contributed by atoms with E-state index in [9.17, 15) is 13.6 Å². The maximum Gasteiger partial charge on any atom is 0.387 e. The van der Waals surface area contributed by atoms with E-state index in [1.807, 2.05) is 6.92 Å². The molecule has 33 heavy (non-hydrogen) atoms. The standard InChI is InChI=1S/C23H23F2NO7/c1-13-17(14(2)33-26-13)12-30-18-8-6-16(10-21(18)29-4)22(27)31-11-15-5-7-19(32-23(24)25)20(9-15)28-3/h5-10,23H,11-12H2,1-4H3. The monoisotopic (exact) mass is 463 g/mol. The third-order valence-electron chi connectivity index (χ3n) is 4.77. The van der Waals surface area contributed by atoms with Crippen molar-refractivity contribution in [3.05, 3.63) is 64.5 Å². The van der Waals surface area contributed by atoms with E-state index < -0.39 is 12.6 Å². The Labute approximate surface area is 188 Å². The van der Waals surface area contributed by atoms with Crippen LogP contribution in [0.1, 0.15) is 32.9 Å². The van der Waals surface area contributed by atoms with Crippen molar-refractivity contribution < 1.29 is 41.8 Å². The average molecular weight is 463 g/mol. The van der Waals surface area contributed by atoms with Gasteiger partial charge in [0.1, 0.15) is 19.0 Å². The van der Waals surface area contributed by atoms with Crippen LogP contribution in [0.3, 0.4) is 0 Å². The van der Waals surface area contributed by atoms with Crippen LogP contribution in [0.5, 0.6) is 23.0 Å². The second-order valence-corrected chi connectivity index (χ2v) is 6.90. The predicted octanol–water partition coefficient (Wildman–Crippen LogP) is 4.85. The Morgan fingerprint density at radius 1 is 0.970 bits per heavy atom. The molecule has 176 valence electrons. The molecule has 8 nitrogen and oxygen atoms in total. The molecule has 0 aliphatic carbocycles. The topological polar surface area (TPSA) is 89.3 Å². The van der Waals surface area contributed by atoms with Gasteiger partial charge in [0.05, 0.1) is 31.0 Å². The molecule has 3 rings (SSSR count). The van der Waals surface area contributed by atoms with Crippen molar-refractivity contribution in [1.29, 1.82) is 0 Å². The molecule has 1 aromatic heterocycles. The number of methoxy groups -OCH3 is 2. The van der Waals surface area contributed by atoms with Crippen LogP contribution in [0, 0.1) is 13.8 Å². The molecule has 0 spiro atoms. The second kappa shape index (κ2) is 10.7. The predicted molar refractivity (Wildman–Crippen MR) is 112 cm³/mol. The first-order valence-electron chi connectivity index (χ1n) is 9.83. The van der Waals surface area contributed by atoms with Gasteiger partial charge >= 0.3 is 12.6 Å². The maximum absolute atomic E-state index is 12.5. The van der Waals surface area contributed by atoms with Gasteiger partial charge in [-0.05, 0) is 49.7 Å². The molecule has 0 saturated carbocycles. The van der Waals surface area contributed by atoms with Crippen molar-refractivity contribution in [2.75, 3.05) is 14.2 Å². The summed E-state index contributed by atoms with van der Waals surface area (Å²) in [5.74, 6) is 0.846. The Balaban J connectivity index is 1.65. The lowest BCUT2D eigenvalue weighted by atomic mass is 10.2. The summed E-state index contributed by atoms with van der Waals surface area (Å²) in [6, 6.07) is 8.94. The number of rotatable bonds is 10. The molecule has 1 heterocycles. The quantitative estimate of drug-likeness (QED) is 0.395. The van der Waals surface area contributed by atoms with E-state index in [0.29, 0.717) is 22.8 Å². The van der Waals surface area contributed by atoms with Crippen LogP contribution in [0.25, 0.3) is 0 Å². The first-order valence-corrected chi connectivity index (χ1v) is 9.83. The number of carbonyl (C=O) groups excluding carboxylic acids is 1. The highest BCUT2D eigenvalue weighted by molar-refractivity contribution is 5.90. The summed E-state index contributed by atoms with van der Waals surface area (Å²) >= 11 is 0. The van der Waals surface area contributed by atoms with E-state index in [1.165, 1.54) is 38.5 Å². The molecule has 0 amide bonds. The average Bonchev–Trinajstić information content (AvgIpc) is 3.13. The van der Waals surface area contributed by atoms with Crippen LogP contribution >= 0.6 is 0 Å². The first kappa shape index (κ1) is 23.8. The zero-order chi connectivity index (χ0) is 24.0. The summed E-state index contributed by atoms with van der Waals surface area (Å²) in [4.78, 5) is 12.5. The van der Waals surface area contributed by atoms with E-state index in [0.717, 1.165) is 11.3 Å². The van der Waals surface area contributed by atoms with Gasteiger partial charge in [-0.25, -0.2) is 4.79 Å². The summed E-state index contributed by atoms with van der Waals surface area (Å²) in [5, 5.41) is 3.89. The van der Waals surface area contributed by atoms with Gasteiger partial charge in [-0.15, -0.1) is 0 Å². The van der Waals surface area contributed by atoms with Crippen molar-refractivity contribution in [2.45, 2.75) is 33.7 Å². The van der Waals surface area contributed by atoms with Crippen LogP contribution in [0.4, 0.5) is 8.78 Å². The molecule has 0 saturated heterocycles. The van der Waals surface area contributed by atoms with E-state index in [1.54, 1.807) is 19.1 Å². The Morgan fingerprint density at radius 3 is 2.30 bits per heavy atom. The highest BCUT2D eigenvalue weighted by Gasteiger charge is 2.16. The van der Waals surface area contributed by atoms with Crippen molar-refractivity contribution in [1.82, 2.24) is 5.16 Å². The van der Waals surface area contributed by atoms with E-state index >= 15 is 0 Å². The highest BCUT2D eigenvalue weighted by atomic mass is 19.3. The normalized spacial score (nSPS) is 10.8. The molecule has 0 aliphatic rings. The zero-order valence-corrected chi connectivity index (χ0v) is 18.5. The van der Waals surface area contributed by atoms with Crippen molar-refractivity contribution >= 4 is 5.97 Å². The molecule has 0 atom stereocenters.